The molecule has 1 N–H and O–H groups in total. The Hall–Kier alpha value is -1.26. The molecule has 0 fully saturated rings. The normalized spacial score (nSPS) is 11.2. The molecule has 0 bridgehead atoms. The predicted molar refractivity (Wildman–Crippen MR) is 83.7 cm³/mol. The Kier molecular flexibility index (Phi) is 5.26. The molecule has 0 spiro atoms. The number of rotatable bonds is 6. The van der Waals surface area contributed by atoms with Crippen LogP contribution in [0, 0.1) is 12.8 Å². The largest absolute Gasteiger partial charge is 0.390 e. The highest BCUT2D eigenvalue weighted by atomic mass is 32.2. The molecule has 3 nitrogen and oxygen atoms in total. The number of aliphatic hydroxyl groups is 1. The van der Waals surface area contributed by atoms with Crippen LogP contribution in [0.3, 0.4) is 0 Å². The van der Waals surface area contributed by atoms with Gasteiger partial charge >= 0.3 is 0 Å². The average molecular weight is 290 g/mol. The van der Waals surface area contributed by atoms with Crippen LogP contribution in [-0.4, -0.2) is 14.7 Å². The highest BCUT2D eigenvalue weighted by molar-refractivity contribution is 7.98. The fraction of sp³-hybridized carbons (Fsp3) is 0.438. The number of aromatic nitrogens is 2. The molecule has 2 rings (SSSR count). The first-order valence-corrected chi connectivity index (χ1v) is 7.92. The molecule has 0 atom stereocenters. The average Bonchev–Trinajstić information content (AvgIpc) is 2.79. The molecule has 2 aromatic rings. The third kappa shape index (κ3) is 3.87. The van der Waals surface area contributed by atoms with Gasteiger partial charge in [0, 0.05) is 12.3 Å². The third-order valence-electron chi connectivity index (χ3n) is 3.10. The Bertz CT molecular complexity index is 546. The number of aryl methyl sites for hydroxylation is 1. The summed E-state index contributed by atoms with van der Waals surface area (Å²) in [4.78, 5) is 4.44. The summed E-state index contributed by atoms with van der Waals surface area (Å²) < 4.78 is 2.13. The second kappa shape index (κ2) is 6.95. The second-order valence-electron chi connectivity index (χ2n) is 5.47. The van der Waals surface area contributed by atoms with E-state index in [1.165, 1.54) is 11.1 Å². The first-order valence-electron chi connectivity index (χ1n) is 6.93. The molecule has 0 saturated heterocycles. The first kappa shape index (κ1) is 15.1. The van der Waals surface area contributed by atoms with E-state index >= 15 is 0 Å². The van der Waals surface area contributed by atoms with E-state index in [-0.39, 0.29) is 6.61 Å². The fourth-order valence-electron chi connectivity index (χ4n) is 2.03. The van der Waals surface area contributed by atoms with Crippen molar-refractivity contribution in [2.45, 2.75) is 44.8 Å². The summed E-state index contributed by atoms with van der Waals surface area (Å²) in [5.41, 5.74) is 3.47. The highest BCUT2D eigenvalue weighted by Gasteiger charge is 2.11. The number of aliphatic hydroxyl groups excluding tert-OH is 1. The standard InChI is InChI=1S/C16H22N2OS/c1-12(2)9-18-15(10-19)8-17-16(18)20-11-14-6-4-13(3)5-7-14/h4-8,12,19H,9-11H2,1-3H3. The monoisotopic (exact) mass is 290 g/mol. The Morgan fingerprint density at radius 3 is 2.55 bits per heavy atom. The van der Waals surface area contributed by atoms with E-state index in [9.17, 15) is 5.11 Å². The molecule has 4 heteroatoms. The van der Waals surface area contributed by atoms with Crippen molar-refractivity contribution in [1.82, 2.24) is 9.55 Å². The lowest BCUT2D eigenvalue weighted by molar-refractivity contribution is 0.266. The zero-order valence-electron chi connectivity index (χ0n) is 12.3. The number of nitrogens with zero attached hydrogens (tertiary/aromatic N) is 2. The van der Waals surface area contributed by atoms with Gasteiger partial charge in [0.2, 0.25) is 0 Å². The molecule has 20 heavy (non-hydrogen) atoms. The lowest BCUT2D eigenvalue weighted by atomic mass is 10.2. The molecule has 1 aromatic carbocycles. The summed E-state index contributed by atoms with van der Waals surface area (Å²) in [7, 11) is 0. The van der Waals surface area contributed by atoms with Crippen molar-refractivity contribution in [3.8, 4) is 0 Å². The fourth-order valence-corrected chi connectivity index (χ4v) is 2.99. The maximum atomic E-state index is 9.39. The quantitative estimate of drug-likeness (QED) is 0.826. The lowest BCUT2D eigenvalue weighted by Gasteiger charge is -2.13. The topological polar surface area (TPSA) is 38.1 Å². The molecule has 1 aromatic heterocycles. The minimum absolute atomic E-state index is 0.0464. The second-order valence-corrected chi connectivity index (χ2v) is 6.41. The van der Waals surface area contributed by atoms with Crippen LogP contribution in [0.4, 0.5) is 0 Å². The van der Waals surface area contributed by atoms with Gasteiger partial charge in [-0.2, -0.15) is 0 Å². The van der Waals surface area contributed by atoms with E-state index in [0.717, 1.165) is 23.1 Å². The van der Waals surface area contributed by atoms with Gasteiger partial charge in [-0.1, -0.05) is 55.4 Å². The van der Waals surface area contributed by atoms with Crippen LogP contribution < -0.4 is 0 Å². The number of imidazole rings is 1. The molecular formula is C16H22N2OS. The van der Waals surface area contributed by atoms with Crippen molar-refractivity contribution in [3.05, 3.63) is 47.3 Å². The van der Waals surface area contributed by atoms with Gasteiger partial charge in [0.15, 0.2) is 5.16 Å². The minimum atomic E-state index is 0.0464. The Morgan fingerprint density at radius 2 is 1.95 bits per heavy atom. The van der Waals surface area contributed by atoms with E-state index in [2.05, 4.69) is 54.6 Å². The summed E-state index contributed by atoms with van der Waals surface area (Å²) in [6, 6.07) is 8.58. The number of thioether (sulfide) groups is 1. The van der Waals surface area contributed by atoms with Gasteiger partial charge in [-0.3, -0.25) is 0 Å². The van der Waals surface area contributed by atoms with Gasteiger partial charge < -0.3 is 9.67 Å². The molecule has 0 aliphatic carbocycles. The minimum Gasteiger partial charge on any atom is -0.390 e. The molecule has 0 amide bonds. The Morgan fingerprint density at radius 1 is 1.25 bits per heavy atom. The van der Waals surface area contributed by atoms with Gasteiger partial charge in [0.05, 0.1) is 18.5 Å². The van der Waals surface area contributed by atoms with Crippen LogP contribution in [0.15, 0.2) is 35.6 Å². The van der Waals surface area contributed by atoms with Crippen LogP contribution in [0.1, 0.15) is 30.7 Å². The maximum Gasteiger partial charge on any atom is 0.168 e. The van der Waals surface area contributed by atoms with Crippen molar-refractivity contribution >= 4 is 11.8 Å². The van der Waals surface area contributed by atoms with Crippen molar-refractivity contribution in [2.75, 3.05) is 0 Å². The van der Waals surface area contributed by atoms with E-state index in [1.807, 2.05) is 0 Å². The van der Waals surface area contributed by atoms with Gasteiger partial charge in [-0.15, -0.1) is 0 Å². The maximum absolute atomic E-state index is 9.39. The molecule has 0 saturated carbocycles. The zero-order valence-corrected chi connectivity index (χ0v) is 13.2. The van der Waals surface area contributed by atoms with Gasteiger partial charge in [-0.25, -0.2) is 4.98 Å². The Labute approximate surface area is 125 Å². The smallest absolute Gasteiger partial charge is 0.168 e. The summed E-state index contributed by atoms with van der Waals surface area (Å²) in [6.45, 7) is 7.39. The lowest BCUT2D eigenvalue weighted by Crippen LogP contribution is -2.09. The SMILES string of the molecule is Cc1ccc(CSc2ncc(CO)n2CC(C)C)cc1. The van der Waals surface area contributed by atoms with Crippen molar-refractivity contribution < 1.29 is 5.11 Å². The van der Waals surface area contributed by atoms with Gasteiger partial charge in [0.25, 0.3) is 0 Å². The van der Waals surface area contributed by atoms with Gasteiger partial charge in [0.1, 0.15) is 0 Å². The van der Waals surface area contributed by atoms with Crippen LogP contribution in [-0.2, 0) is 18.9 Å². The van der Waals surface area contributed by atoms with Crippen molar-refractivity contribution in [3.63, 3.8) is 0 Å². The van der Waals surface area contributed by atoms with Crippen LogP contribution in [0.5, 0.6) is 0 Å². The highest BCUT2D eigenvalue weighted by Crippen LogP contribution is 2.24. The van der Waals surface area contributed by atoms with E-state index < -0.39 is 0 Å². The van der Waals surface area contributed by atoms with Crippen molar-refractivity contribution in [1.29, 1.82) is 0 Å². The van der Waals surface area contributed by atoms with Crippen molar-refractivity contribution in [2.24, 2.45) is 5.92 Å². The molecule has 1 heterocycles. The van der Waals surface area contributed by atoms with E-state index in [1.54, 1.807) is 18.0 Å². The van der Waals surface area contributed by atoms with Crippen LogP contribution >= 0.6 is 11.8 Å². The predicted octanol–water partition coefficient (Wildman–Crippen LogP) is 3.63. The summed E-state index contributed by atoms with van der Waals surface area (Å²) in [6.07, 6.45) is 1.78. The summed E-state index contributed by atoms with van der Waals surface area (Å²) in [5, 5.41) is 10.4. The molecular weight excluding hydrogens is 268 g/mol. The molecule has 0 aliphatic rings. The zero-order chi connectivity index (χ0) is 14.5. The number of hydrogen-bond donors (Lipinski definition) is 1. The summed E-state index contributed by atoms with van der Waals surface area (Å²) in [5.74, 6) is 1.44. The molecule has 0 unspecified atom stereocenters. The van der Waals surface area contributed by atoms with E-state index in [0.29, 0.717) is 5.92 Å². The number of benzene rings is 1. The van der Waals surface area contributed by atoms with Gasteiger partial charge in [-0.05, 0) is 18.4 Å². The number of hydrogen-bond acceptors (Lipinski definition) is 3. The summed E-state index contributed by atoms with van der Waals surface area (Å²) >= 11 is 1.72. The van der Waals surface area contributed by atoms with E-state index in [4.69, 9.17) is 0 Å². The van der Waals surface area contributed by atoms with Crippen LogP contribution in [0.2, 0.25) is 0 Å². The van der Waals surface area contributed by atoms with Crippen LogP contribution in [0.25, 0.3) is 0 Å². The Balaban J connectivity index is 2.08. The molecule has 0 radical (unpaired) electrons. The molecule has 108 valence electrons. The third-order valence-corrected chi connectivity index (χ3v) is 4.16. The first-order chi connectivity index (χ1) is 9.60. The molecule has 0 aliphatic heterocycles.